The van der Waals surface area contributed by atoms with Gasteiger partial charge in [0, 0.05) is 23.9 Å². The Morgan fingerprint density at radius 1 is 0.974 bits per heavy atom. The molecule has 1 aromatic carbocycles. The molecule has 1 aromatic rings. The molecule has 4 nitrogen and oxygen atoms in total. The number of amides is 1. The van der Waals surface area contributed by atoms with Crippen LogP contribution in [0, 0.1) is 17.3 Å². The third-order valence-corrected chi connectivity index (χ3v) is 9.75. The first-order chi connectivity index (χ1) is 18.4. The van der Waals surface area contributed by atoms with Gasteiger partial charge in [0.2, 0.25) is 0 Å². The highest BCUT2D eigenvalue weighted by atomic mass is 19.4. The van der Waals surface area contributed by atoms with E-state index in [1.807, 2.05) is 19.1 Å². The number of halogens is 5. The van der Waals surface area contributed by atoms with Crippen LogP contribution in [0.3, 0.4) is 0 Å². The quantitative estimate of drug-likeness (QED) is 0.402. The molecule has 0 aromatic heterocycles. The van der Waals surface area contributed by atoms with Gasteiger partial charge >= 0.3 is 12.3 Å². The van der Waals surface area contributed by atoms with Crippen LogP contribution in [0.15, 0.2) is 47.1 Å². The Bertz CT molecular complexity index is 1250. The van der Waals surface area contributed by atoms with E-state index < -0.39 is 23.8 Å². The van der Waals surface area contributed by atoms with Gasteiger partial charge in [-0.15, -0.1) is 0 Å². The number of allylic oxidation sites excluding steroid dienone is 4. The zero-order valence-electron chi connectivity index (χ0n) is 21.8. The zero-order chi connectivity index (χ0) is 27.7. The summed E-state index contributed by atoms with van der Waals surface area (Å²) >= 11 is 0. The van der Waals surface area contributed by atoms with E-state index in [9.17, 15) is 31.5 Å². The third kappa shape index (κ3) is 4.64. The molecule has 5 aliphatic carbocycles. The predicted molar refractivity (Wildman–Crippen MR) is 133 cm³/mol. The van der Waals surface area contributed by atoms with E-state index in [1.54, 1.807) is 18.2 Å². The summed E-state index contributed by atoms with van der Waals surface area (Å²) in [6, 6.07) is 7.48. The molecule has 0 aliphatic heterocycles. The number of hydrogen-bond acceptors (Lipinski definition) is 3. The van der Waals surface area contributed by atoms with Gasteiger partial charge in [0.1, 0.15) is 0 Å². The van der Waals surface area contributed by atoms with E-state index >= 15 is 0 Å². The average molecular weight is 550 g/mol. The number of carbonyl (C=O) groups excluding carboxylic acids is 2. The molecule has 3 saturated carbocycles. The first-order valence-corrected chi connectivity index (χ1v) is 13.9. The van der Waals surface area contributed by atoms with E-state index in [1.165, 1.54) is 5.57 Å². The minimum atomic E-state index is -5.78. The van der Waals surface area contributed by atoms with Gasteiger partial charge in [-0.05, 0) is 104 Å². The second kappa shape index (κ2) is 9.25. The molecule has 6 rings (SSSR count). The van der Waals surface area contributed by atoms with Gasteiger partial charge in [0.05, 0.1) is 6.10 Å². The van der Waals surface area contributed by atoms with Crippen molar-refractivity contribution in [2.24, 2.45) is 17.3 Å². The van der Waals surface area contributed by atoms with Crippen molar-refractivity contribution in [2.75, 3.05) is 0 Å². The highest BCUT2D eigenvalue weighted by molar-refractivity contribution is 5.94. The van der Waals surface area contributed by atoms with Crippen molar-refractivity contribution in [2.45, 2.75) is 95.1 Å². The predicted octanol–water partition coefficient (Wildman–Crippen LogP) is 7.02. The topological polar surface area (TPSA) is 55.4 Å². The lowest BCUT2D eigenvalue weighted by Crippen LogP contribution is -2.50. The number of carbonyl (C=O) groups is 2. The summed E-state index contributed by atoms with van der Waals surface area (Å²) in [5, 5.41) is 2.96. The van der Waals surface area contributed by atoms with Gasteiger partial charge in [-0.25, -0.2) is 0 Å². The number of fused-ring (bicyclic) bond motifs is 4. The van der Waals surface area contributed by atoms with Crippen LogP contribution in [0.5, 0.6) is 0 Å². The number of ketones is 1. The van der Waals surface area contributed by atoms with Crippen LogP contribution in [-0.4, -0.2) is 36.1 Å². The van der Waals surface area contributed by atoms with E-state index in [0.717, 1.165) is 36.0 Å². The van der Waals surface area contributed by atoms with Crippen LogP contribution >= 0.6 is 0 Å². The van der Waals surface area contributed by atoms with Gasteiger partial charge in [-0.1, -0.05) is 24.6 Å². The Balaban J connectivity index is 1.38. The lowest BCUT2D eigenvalue weighted by atomic mass is 9.53. The van der Waals surface area contributed by atoms with Gasteiger partial charge in [-0.2, -0.15) is 22.0 Å². The van der Waals surface area contributed by atoms with Gasteiger partial charge in [0.25, 0.3) is 5.91 Å². The summed E-state index contributed by atoms with van der Waals surface area (Å²) in [7, 11) is 0. The van der Waals surface area contributed by atoms with E-state index in [-0.39, 0.29) is 41.9 Å². The van der Waals surface area contributed by atoms with Crippen LogP contribution in [0.2, 0.25) is 0 Å². The Morgan fingerprint density at radius 2 is 1.69 bits per heavy atom. The summed E-state index contributed by atoms with van der Waals surface area (Å²) in [5.41, 5.74) is 3.91. The SMILES string of the molecule is CC12CC(c3ccc(C(=O)NC4CC4)cc3)C3=C4CCC(=O)C=C4CCC3C1CCC2OC(F)(F)C(F)(F)F. The number of ether oxygens (including phenoxy) is 1. The third-order valence-electron chi connectivity index (χ3n) is 9.75. The molecule has 0 saturated heterocycles. The van der Waals surface area contributed by atoms with Crippen molar-refractivity contribution < 1.29 is 36.3 Å². The molecule has 0 spiro atoms. The number of rotatable bonds is 5. The maximum Gasteiger partial charge on any atom is 0.482 e. The van der Waals surface area contributed by atoms with Crippen molar-refractivity contribution in [3.8, 4) is 0 Å². The normalized spacial score (nSPS) is 32.8. The van der Waals surface area contributed by atoms with Gasteiger partial charge in [0.15, 0.2) is 5.78 Å². The van der Waals surface area contributed by atoms with Gasteiger partial charge < -0.3 is 10.1 Å². The molecule has 5 unspecified atom stereocenters. The summed E-state index contributed by atoms with van der Waals surface area (Å²) in [6.45, 7) is 1.81. The Morgan fingerprint density at radius 3 is 2.36 bits per heavy atom. The molecule has 0 bridgehead atoms. The standard InChI is InChI=1S/C30H32F5NO3/c1-28-15-23(16-2-4-17(5-3-16)27(38)36-19-7-8-19)26-21-11-9-20(37)14-18(21)6-10-22(26)24(28)12-13-25(28)39-30(34,35)29(31,32)33/h2-5,14,19,22-25H,6-13,15H2,1H3,(H,36,38). The molecular weight excluding hydrogens is 517 g/mol. The summed E-state index contributed by atoms with van der Waals surface area (Å²) < 4.78 is 72.1. The molecule has 9 heteroatoms. The second-order valence-corrected chi connectivity index (χ2v) is 12.2. The molecule has 210 valence electrons. The smallest absolute Gasteiger partial charge is 0.349 e. The van der Waals surface area contributed by atoms with Gasteiger partial charge in [-0.3, -0.25) is 9.59 Å². The molecule has 3 fully saturated rings. The van der Waals surface area contributed by atoms with Crippen molar-refractivity contribution in [1.29, 1.82) is 0 Å². The van der Waals surface area contributed by atoms with Crippen molar-refractivity contribution in [3.05, 3.63) is 58.2 Å². The molecule has 0 radical (unpaired) electrons. The van der Waals surface area contributed by atoms with Crippen LogP contribution in [0.1, 0.15) is 86.6 Å². The summed E-state index contributed by atoms with van der Waals surface area (Å²) in [4.78, 5) is 24.7. The van der Waals surface area contributed by atoms with Crippen molar-refractivity contribution in [1.82, 2.24) is 5.32 Å². The second-order valence-electron chi connectivity index (χ2n) is 12.2. The van der Waals surface area contributed by atoms with Crippen LogP contribution in [-0.2, 0) is 9.53 Å². The monoisotopic (exact) mass is 549 g/mol. The maximum absolute atomic E-state index is 14.1. The fourth-order valence-corrected chi connectivity index (χ4v) is 7.71. The molecule has 39 heavy (non-hydrogen) atoms. The first kappa shape index (κ1) is 26.7. The largest absolute Gasteiger partial charge is 0.482 e. The highest BCUT2D eigenvalue weighted by Gasteiger charge is 2.65. The fraction of sp³-hybridized carbons (Fsp3) is 0.600. The van der Waals surface area contributed by atoms with Crippen molar-refractivity contribution in [3.63, 3.8) is 0 Å². The summed E-state index contributed by atoms with van der Waals surface area (Å²) in [6.07, 6.45) is -5.11. The number of benzene rings is 1. The van der Waals surface area contributed by atoms with E-state index in [2.05, 4.69) is 10.1 Å². The number of nitrogens with one attached hydrogen (secondary N) is 1. The lowest BCUT2D eigenvalue weighted by Gasteiger charge is -2.52. The molecule has 1 amide bonds. The molecule has 5 aliphatic rings. The molecular formula is C30H32F5NO3. The van der Waals surface area contributed by atoms with Crippen LogP contribution < -0.4 is 5.32 Å². The minimum absolute atomic E-state index is 0.0139. The minimum Gasteiger partial charge on any atom is -0.349 e. The summed E-state index contributed by atoms with van der Waals surface area (Å²) in [5.74, 6) is -0.354. The first-order valence-electron chi connectivity index (χ1n) is 13.9. The Kier molecular flexibility index (Phi) is 6.32. The van der Waals surface area contributed by atoms with Crippen molar-refractivity contribution >= 4 is 11.7 Å². The fourth-order valence-electron chi connectivity index (χ4n) is 7.71. The van der Waals surface area contributed by atoms with E-state index in [0.29, 0.717) is 37.7 Å². The van der Waals surface area contributed by atoms with E-state index in [4.69, 9.17) is 0 Å². The lowest BCUT2D eigenvalue weighted by molar-refractivity contribution is -0.408. The highest BCUT2D eigenvalue weighted by Crippen LogP contribution is 2.65. The Labute approximate surface area is 224 Å². The molecule has 1 N–H and O–H groups in total. The van der Waals surface area contributed by atoms with Crippen LogP contribution in [0.25, 0.3) is 0 Å². The number of alkyl halides is 5. The maximum atomic E-state index is 14.1. The molecule has 0 heterocycles. The number of hydrogen-bond donors (Lipinski definition) is 1. The average Bonchev–Trinajstić information content (AvgIpc) is 3.63. The Hall–Kier alpha value is -2.55. The van der Waals surface area contributed by atoms with Crippen LogP contribution in [0.4, 0.5) is 22.0 Å². The zero-order valence-corrected chi connectivity index (χ0v) is 21.8. The molecule has 5 atom stereocenters.